The topological polar surface area (TPSA) is 42.1 Å². The molecule has 1 fully saturated rings. The summed E-state index contributed by atoms with van der Waals surface area (Å²) in [5.74, 6) is 0.410. The maximum atomic E-state index is 12.7. The maximum absolute atomic E-state index is 12.7. The summed E-state index contributed by atoms with van der Waals surface area (Å²) in [6, 6.07) is 2.34. The molecular weight excluding hydrogens is 255 g/mol. The van der Waals surface area contributed by atoms with Crippen LogP contribution in [0.1, 0.15) is 31.2 Å². The number of halogens is 3. The summed E-state index contributed by atoms with van der Waals surface area (Å²) in [5.41, 5.74) is 4.93. The number of hydrogen-bond donors (Lipinski definition) is 1. The largest absolute Gasteiger partial charge is 0.416 e. The molecule has 1 aromatic rings. The van der Waals surface area contributed by atoms with E-state index in [9.17, 15) is 13.2 Å². The van der Waals surface area contributed by atoms with Crippen molar-refractivity contribution in [3.05, 3.63) is 23.9 Å². The van der Waals surface area contributed by atoms with Crippen LogP contribution in [-0.2, 0) is 6.18 Å². The van der Waals surface area contributed by atoms with Crippen molar-refractivity contribution in [2.45, 2.75) is 37.9 Å². The molecule has 1 unspecified atom stereocenters. The van der Waals surface area contributed by atoms with Gasteiger partial charge in [0, 0.05) is 18.8 Å². The molecule has 2 rings (SSSR count). The van der Waals surface area contributed by atoms with Crippen molar-refractivity contribution >= 4 is 5.82 Å². The monoisotopic (exact) mass is 273 g/mol. The number of alkyl halides is 3. The second-order valence-electron chi connectivity index (χ2n) is 4.82. The highest BCUT2D eigenvalue weighted by molar-refractivity contribution is 5.43. The molecule has 0 aromatic carbocycles. The molecule has 3 nitrogen and oxygen atoms in total. The quantitative estimate of drug-likeness (QED) is 0.920. The van der Waals surface area contributed by atoms with E-state index in [1.54, 1.807) is 0 Å². The van der Waals surface area contributed by atoms with Crippen LogP contribution in [0.3, 0.4) is 0 Å². The number of pyridine rings is 1. The first-order valence-electron chi connectivity index (χ1n) is 6.52. The van der Waals surface area contributed by atoms with Crippen LogP contribution in [0, 0.1) is 0 Å². The Kier molecular flexibility index (Phi) is 4.29. The molecule has 0 amide bonds. The lowest BCUT2D eigenvalue weighted by molar-refractivity contribution is -0.137. The number of aromatic nitrogens is 1. The molecule has 1 atom stereocenters. The molecule has 2 N–H and O–H groups in total. The van der Waals surface area contributed by atoms with Crippen molar-refractivity contribution in [3.8, 4) is 0 Å². The number of hydrogen-bond acceptors (Lipinski definition) is 3. The summed E-state index contributed by atoms with van der Waals surface area (Å²) in [5, 5.41) is 0. The van der Waals surface area contributed by atoms with Gasteiger partial charge >= 0.3 is 6.18 Å². The van der Waals surface area contributed by atoms with Crippen LogP contribution >= 0.6 is 0 Å². The van der Waals surface area contributed by atoms with Gasteiger partial charge < -0.3 is 10.6 Å². The molecule has 0 saturated carbocycles. The minimum Gasteiger partial charge on any atom is -0.354 e. The Hall–Kier alpha value is -1.30. The number of nitrogens with two attached hydrogens (primary N) is 1. The molecule has 0 bridgehead atoms. The molecule has 19 heavy (non-hydrogen) atoms. The molecule has 2 heterocycles. The highest BCUT2D eigenvalue weighted by Gasteiger charge is 2.32. The van der Waals surface area contributed by atoms with Gasteiger partial charge in [-0.05, 0) is 44.4 Å². The summed E-state index contributed by atoms with van der Waals surface area (Å²) in [7, 11) is 0. The second-order valence-corrected chi connectivity index (χ2v) is 4.82. The molecule has 1 saturated heterocycles. The Morgan fingerprint density at radius 3 is 2.84 bits per heavy atom. The fraction of sp³-hybridized carbons (Fsp3) is 0.615. The summed E-state index contributed by atoms with van der Waals surface area (Å²) in [6.07, 6.45) is 0.745. The zero-order valence-corrected chi connectivity index (χ0v) is 10.7. The van der Waals surface area contributed by atoms with E-state index in [1.807, 2.05) is 4.90 Å². The summed E-state index contributed by atoms with van der Waals surface area (Å²) >= 11 is 0. The first-order valence-corrected chi connectivity index (χ1v) is 6.52. The molecule has 1 aromatic heterocycles. The Morgan fingerprint density at radius 1 is 1.37 bits per heavy atom. The lowest BCUT2D eigenvalue weighted by Crippen LogP contribution is -2.41. The first-order chi connectivity index (χ1) is 9.02. The highest BCUT2D eigenvalue weighted by atomic mass is 19.4. The van der Waals surface area contributed by atoms with Gasteiger partial charge in [0.25, 0.3) is 0 Å². The van der Waals surface area contributed by atoms with E-state index in [-0.39, 0.29) is 6.04 Å². The smallest absolute Gasteiger partial charge is 0.354 e. The average Bonchev–Trinajstić information content (AvgIpc) is 2.39. The maximum Gasteiger partial charge on any atom is 0.416 e. The Labute approximate surface area is 110 Å². The van der Waals surface area contributed by atoms with Crippen molar-refractivity contribution < 1.29 is 13.2 Å². The van der Waals surface area contributed by atoms with Gasteiger partial charge in [-0.15, -0.1) is 0 Å². The highest BCUT2D eigenvalue weighted by Crippen LogP contribution is 2.32. The number of piperidine rings is 1. The van der Waals surface area contributed by atoms with Gasteiger partial charge in [0.1, 0.15) is 5.82 Å². The van der Waals surface area contributed by atoms with Gasteiger partial charge in [-0.3, -0.25) is 0 Å². The van der Waals surface area contributed by atoms with Crippen molar-refractivity contribution in [1.82, 2.24) is 4.98 Å². The molecule has 1 aliphatic rings. The summed E-state index contributed by atoms with van der Waals surface area (Å²) in [4.78, 5) is 6.06. The fourth-order valence-electron chi connectivity index (χ4n) is 2.55. The molecule has 0 radical (unpaired) electrons. The standard InChI is InChI=1S/C13H18F3N3/c14-13(15,16)10-5-7-18-12(9-10)19-8-2-1-3-11(19)4-6-17/h5,7,9,11H,1-4,6,8,17H2. The predicted octanol–water partition coefficient (Wildman–Crippen LogP) is 2.81. The summed E-state index contributed by atoms with van der Waals surface area (Å²) < 4.78 is 38.1. The van der Waals surface area contributed by atoms with Crippen LogP contribution in [0.4, 0.5) is 19.0 Å². The van der Waals surface area contributed by atoms with Gasteiger partial charge in [-0.1, -0.05) is 0 Å². The van der Waals surface area contributed by atoms with Gasteiger partial charge in [-0.25, -0.2) is 4.98 Å². The third-order valence-corrected chi connectivity index (χ3v) is 3.49. The normalized spacial score (nSPS) is 20.6. The zero-order chi connectivity index (χ0) is 13.9. The lowest BCUT2D eigenvalue weighted by Gasteiger charge is -2.36. The van der Waals surface area contributed by atoms with Crippen LogP contribution in [0.25, 0.3) is 0 Å². The van der Waals surface area contributed by atoms with E-state index in [2.05, 4.69) is 4.98 Å². The van der Waals surface area contributed by atoms with E-state index in [4.69, 9.17) is 5.73 Å². The van der Waals surface area contributed by atoms with E-state index < -0.39 is 11.7 Å². The van der Waals surface area contributed by atoms with E-state index in [0.717, 1.165) is 44.4 Å². The SMILES string of the molecule is NCCC1CCCCN1c1cc(C(F)(F)F)ccn1. The Bertz CT molecular complexity index is 418. The minimum atomic E-state index is -4.32. The van der Waals surface area contributed by atoms with Crippen LogP contribution in [0.15, 0.2) is 18.3 Å². The van der Waals surface area contributed by atoms with E-state index in [1.165, 1.54) is 6.20 Å². The van der Waals surface area contributed by atoms with E-state index in [0.29, 0.717) is 12.4 Å². The predicted molar refractivity (Wildman–Crippen MR) is 67.9 cm³/mol. The fourth-order valence-corrected chi connectivity index (χ4v) is 2.55. The van der Waals surface area contributed by atoms with Crippen molar-refractivity contribution in [3.63, 3.8) is 0 Å². The number of anilines is 1. The summed E-state index contributed by atoms with van der Waals surface area (Å²) in [6.45, 7) is 1.29. The van der Waals surface area contributed by atoms with Crippen molar-refractivity contribution in [2.24, 2.45) is 5.73 Å². The Morgan fingerprint density at radius 2 is 2.16 bits per heavy atom. The Balaban J connectivity index is 2.24. The molecule has 1 aliphatic heterocycles. The third kappa shape index (κ3) is 3.37. The first kappa shape index (κ1) is 14.1. The average molecular weight is 273 g/mol. The molecule has 6 heteroatoms. The molecule has 0 aliphatic carbocycles. The van der Waals surface area contributed by atoms with Crippen molar-refractivity contribution in [1.29, 1.82) is 0 Å². The second kappa shape index (κ2) is 5.77. The molecular formula is C13H18F3N3. The van der Waals surface area contributed by atoms with Crippen molar-refractivity contribution in [2.75, 3.05) is 18.0 Å². The molecule has 0 spiro atoms. The van der Waals surface area contributed by atoms with Crippen LogP contribution in [-0.4, -0.2) is 24.1 Å². The van der Waals surface area contributed by atoms with Gasteiger partial charge in [0.05, 0.1) is 5.56 Å². The van der Waals surface area contributed by atoms with E-state index >= 15 is 0 Å². The van der Waals surface area contributed by atoms with Gasteiger partial charge in [0.2, 0.25) is 0 Å². The van der Waals surface area contributed by atoms with Crippen LogP contribution in [0.5, 0.6) is 0 Å². The van der Waals surface area contributed by atoms with Crippen LogP contribution in [0.2, 0.25) is 0 Å². The zero-order valence-electron chi connectivity index (χ0n) is 10.7. The minimum absolute atomic E-state index is 0.203. The third-order valence-electron chi connectivity index (χ3n) is 3.49. The number of nitrogens with zero attached hydrogens (tertiary/aromatic N) is 2. The molecule has 106 valence electrons. The van der Waals surface area contributed by atoms with Crippen LogP contribution < -0.4 is 10.6 Å². The van der Waals surface area contributed by atoms with Gasteiger partial charge in [-0.2, -0.15) is 13.2 Å². The lowest BCUT2D eigenvalue weighted by atomic mass is 9.99. The number of rotatable bonds is 3. The van der Waals surface area contributed by atoms with Gasteiger partial charge in [0.15, 0.2) is 0 Å².